The second-order valence-electron chi connectivity index (χ2n) is 8.02. The fourth-order valence-electron chi connectivity index (χ4n) is 4.13. The summed E-state index contributed by atoms with van der Waals surface area (Å²) < 4.78 is 16.5. The molecule has 1 atom stereocenters. The van der Waals surface area contributed by atoms with E-state index in [1.54, 1.807) is 14.2 Å². The Kier molecular flexibility index (Phi) is 8.04. The molecule has 0 aromatic heterocycles. The Labute approximate surface area is 189 Å². The quantitative estimate of drug-likeness (QED) is 0.633. The van der Waals surface area contributed by atoms with E-state index in [4.69, 9.17) is 25.8 Å². The predicted molar refractivity (Wildman–Crippen MR) is 122 cm³/mol. The Bertz CT molecular complexity index is 884. The van der Waals surface area contributed by atoms with Gasteiger partial charge in [-0.15, -0.1) is 0 Å². The highest BCUT2D eigenvalue weighted by Crippen LogP contribution is 2.40. The van der Waals surface area contributed by atoms with E-state index in [9.17, 15) is 4.79 Å². The molecule has 0 radical (unpaired) electrons. The van der Waals surface area contributed by atoms with Gasteiger partial charge in [-0.25, -0.2) is 4.79 Å². The van der Waals surface area contributed by atoms with Gasteiger partial charge in [0.1, 0.15) is 11.5 Å². The van der Waals surface area contributed by atoms with Crippen LogP contribution in [0.4, 0.5) is 4.79 Å². The molecule has 2 amide bonds. The molecule has 0 spiro atoms. The summed E-state index contributed by atoms with van der Waals surface area (Å²) in [4.78, 5) is 12.7. The van der Waals surface area contributed by atoms with E-state index >= 15 is 0 Å². The Hall–Kier alpha value is -2.44. The summed E-state index contributed by atoms with van der Waals surface area (Å²) in [6.07, 6.45) is 2.28. The number of halogens is 1. The molecule has 2 aromatic rings. The average molecular weight is 447 g/mol. The van der Waals surface area contributed by atoms with E-state index in [2.05, 4.69) is 10.6 Å². The van der Waals surface area contributed by atoms with Crippen molar-refractivity contribution >= 4 is 17.6 Å². The van der Waals surface area contributed by atoms with Crippen molar-refractivity contribution < 1.29 is 19.0 Å². The topological polar surface area (TPSA) is 68.8 Å². The zero-order valence-corrected chi connectivity index (χ0v) is 19.1. The van der Waals surface area contributed by atoms with Gasteiger partial charge in [0.2, 0.25) is 0 Å². The average Bonchev–Trinajstić information content (AvgIpc) is 2.78. The second-order valence-corrected chi connectivity index (χ2v) is 8.46. The molecule has 1 heterocycles. The van der Waals surface area contributed by atoms with Crippen molar-refractivity contribution in [3.63, 3.8) is 0 Å². The van der Waals surface area contributed by atoms with Crippen LogP contribution in [0.25, 0.3) is 0 Å². The van der Waals surface area contributed by atoms with Gasteiger partial charge in [-0.2, -0.15) is 0 Å². The first-order valence-corrected chi connectivity index (χ1v) is 10.9. The highest BCUT2D eigenvalue weighted by Gasteiger charge is 2.37. The van der Waals surface area contributed by atoms with Crippen LogP contribution in [0.2, 0.25) is 5.02 Å². The monoisotopic (exact) mass is 446 g/mol. The van der Waals surface area contributed by atoms with Crippen LogP contribution in [0.3, 0.4) is 0 Å². The summed E-state index contributed by atoms with van der Waals surface area (Å²) >= 11 is 6.29. The van der Waals surface area contributed by atoms with Crippen LogP contribution < -0.4 is 20.1 Å². The van der Waals surface area contributed by atoms with Gasteiger partial charge >= 0.3 is 6.03 Å². The molecule has 168 valence electrons. The van der Waals surface area contributed by atoms with Gasteiger partial charge in [-0.3, -0.25) is 0 Å². The molecular formula is C24H31ClN2O4. The Morgan fingerprint density at radius 3 is 2.65 bits per heavy atom. The lowest BCUT2D eigenvalue weighted by Gasteiger charge is -2.38. The van der Waals surface area contributed by atoms with Gasteiger partial charge in [-0.1, -0.05) is 23.7 Å². The van der Waals surface area contributed by atoms with Crippen molar-refractivity contribution in [2.24, 2.45) is 0 Å². The van der Waals surface area contributed by atoms with Gasteiger partial charge in [0.05, 0.1) is 14.2 Å². The first-order chi connectivity index (χ1) is 15.0. The molecule has 2 N–H and O–H groups in total. The lowest BCUT2D eigenvalue weighted by molar-refractivity contribution is 0.0498. The number of urea groups is 1. The SMILES string of the molecule is COc1cccc(CC(C)NC(=O)NCC2(c3cc(Cl)ccc3OC)CCOCC2)c1. The second kappa shape index (κ2) is 10.7. The van der Waals surface area contributed by atoms with Crippen LogP contribution >= 0.6 is 11.6 Å². The molecule has 0 saturated carbocycles. The van der Waals surface area contributed by atoms with E-state index in [1.807, 2.05) is 49.4 Å². The number of ether oxygens (including phenoxy) is 3. The Balaban J connectivity index is 1.65. The van der Waals surface area contributed by atoms with Gasteiger partial charge in [-0.05, 0) is 62.1 Å². The van der Waals surface area contributed by atoms with Crippen molar-refractivity contribution in [2.75, 3.05) is 34.0 Å². The maximum absolute atomic E-state index is 12.7. The third kappa shape index (κ3) is 6.05. The number of hydrogen-bond donors (Lipinski definition) is 2. The van der Waals surface area contributed by atoms with Crippen molar-refractivity contribution in [3.8, 4) is 11.5 Å². The van der Waals surface area contributed by atoms with Crippen molar-refractivity contribution in [1.82, 2.24) is 10.6 Å². The summed E-state index contributed by atoms with van der Waals surface area (Å²) in [6, 6.07) is 13.3. The number of hydrogen-bond acceptors (Lipinski definition) is 4. The summed E-state index contributed by atoms with van der Waals surface area (Å²) in [6.45, 7) is 3.73. The van der Waals surface area contributed by atoms with Crippen LogP contribution in [0.15, 0.2) is 42.5 Å². The van der Waals surface area contributed by atoms with Crippen LogP contribution in [0, 0.1) is 0 Å². The molecular weight excluding hydrogens is 416 g/mol. The minimum Gasteiger partial charge on any atom is -0.497 e. The van der Waals surface area contributed by atoms with Crippen LogP contribution in [-0.4, -0.2) is 46.1 Å². The highest BCUT2D eigenvalue weighted by atomic mass is 35.5. The number of carbonyl (C=O) groups excluding carboxylic acids is 1. The zero-order valence-electron chi connectivity index (χ0n) is 18.4. The van der Waals surface area contributed by atoms with Crippen LogP contribution in [0.1, 0.15) is 30.9 Å². The summed E-state index contributed by atoms with van der Waals surface area (Å²) in [5, 5.41) is 6.76. The van der Waals surface area contributed by atoms with Crippen molar-refractivity contribution in [3.05, 3.63) is 58.6 Å². The summed E-state index contributed by atoms with van der Waals surface area (Å²) in [5.74, 6) is 1.59. The fraction of sp³-hybridized carbons (Fsp3) is 0.458. The lowest BCUT2D eigenvalue weighted by Crippen LogP contribution is -2.49. The van der Waals surface area contributed by atoms with Gasteiger partial charge in [0.25, 0.3) is 0 Å². The maximum atomic E-state index is 12.7. The third-order valence-electron chi connectivity index (χ3n) is 5.82. The van der Waals surface area contributed by atoms with E-state index in [0.717, 1.165) is 35.5 Å². The number of amides is 2. The standard InChI is InChI=1S/C24H31ClN2O4/c1-17(13-18-5-4-6-20(14-18)29-2)27-23(28)26-16-24(9-11-31-12-10-24)21-15-19(25)7-8-22(21)30-3/h4-8,14-15,17H,9-13,16H2,1-3H3,(H2,26,27,28). The minimum absolute atomic E-state index is 0.0292. The Morgan fingerprint density at radius 2 is 1.94 bits per heavy atom. The molecule has 1 unspecified atom stereocenters. The molecule has 0 aliphatic carbocycles. The first-order valence-electron chi connectivity index (χ1n) is 10.5. The zero-order chi connectivity index (χ0) is 22.3. The van der Waals surface area contributed by atoms with Crippen molar-refractivity contribution in [1.29, 1.82) is 0 Å². The molecule has 2 aromatic carbocycles. The van der Waals surface area contributed by atoms with Gasteiger partial charge < -0.3 is 24.8 Å². The number of methoxy groups -OCH3 is 2. The largest absolute Gasteiger partial charge is 0.497 e. The molecule has 0 bridgehead atoms. The normalized spacial score (nSPS) is 16.3. The number of benzene rings is 2. The third-order valence-corrected chi connectivity index (χ3v) is 6.06. The number of carbonyl (C=O) groups is 1. The highest BCUT2D eigenvalue weighted by molar-refractivity contribution is 6.30. The van der Waals surface area contributed by atoms with Gasteiger partial charge in [0.15, 0.2) is 0 Å². The number of nitrogens with one attached hydrogen (secondary N) is 2. The Morgan fingerprint density at radius 1 is 1.16 bits per heavy atom. The molecule has 7 heteroatoms. The smallest absolute Gasteiger partial charge is 0.315 e. The van der Waals surface area contributed by atoms with E-state index < -0.39 is 0 Å². The van der Waals surface area contributed by atoms with Crippen molar-refractivity contribution in [2.45, 2.75) is 37.6 Å². The molecule has 1 saturated heterocycles. The number of rotatable bonds is 8. The summed E-state index contributed by atoms with van der Waals surface area (Å²) in [7, 11) is 3.30. The molecule has 6 nitrogen and oxygen atoms in total. The lowest BCUT2D eigenvalue weighted by atomic mass is 9.73. The minimum atomic E-state index is -0.290. The van der Waals surface area contributed by atoms with Crippen LogP contribution in [-0.2, 0) is 16.6 Å². The fourth-order valence-corrected chi connectivity index (χ4v) is 4.30. The van der Waals surface area contributed by atoms with E-state index in [0.29, 0.717) is 31.2 Å². The predicted octanol–water partition coefficient (Wildman–Crippen LogP) is 4.34. The molecule has 3 rings (SSSR count). The first kappa shape index (κ1) is 23.2. The summed E-state index contributed by atoms with van der Waals surface area (Å²) in [5.41, 5.74) is 1.83. The maximum Gasteiger partial charge on any atom is 0.315 e. The van der Waals surface area contributed by atoms with Crippen LogP contribution in [0.5, 0.6) is 11.5 Å². The van der Waals surface area contributed by atoms with Gasteiger partial charge in [0, 0.05) is 41.8 Å². The molecule has 1 fully saturated rings. The molecule has 1 aliphatic rings. The molecule has 1 aliphatic heterocycles. The van der Waals surface area contributed by atoms with E-state index in [1.165, 1.54) is 0 Å². The molecule has 31 heavy (non-hydrogen) atoms. The van der Waals surface area contributed by atoms with E-state index in [-0.39, 0.29) is 17.5 Å².